The first-order valence-corrected chi connectivity index (χ1v) is 11.1. The van der Waals surface area contributed by atoms with E-state index in [1.165, 1.54) is 17.4 Å². The summed E-state index contributed by atoms with van der Waals surface area (Å²) in [5.74, 6) is -0.0702. The van der Waals surface area contributed by atoms with Crippen LogP contribution in [0.4, 0.5) is 20.2 Å². The van der Waals surface area contributed by atoms with Gasteiger partial charge < -0.3 is 15.7 Å². The smallest absolute Gasteiger partial charge is 0.333 e. The minimum absolute atomic E-state index is 0.00139. The van der Waals surface area contributed by atoms with Crippen LogP contribution in [0, 0.1) is 12.8 Å². The number of hydrogen-bond donors (Lipinski definition) is 2. The first kappa shape index (κ1) is 20.9. The fourth-order valence-corrected chi connectivity index (χ4v) is 5.89. The van der Waals surface area contributed by atoms with Crippen molar-refractivity contribution in [3.05, 3.63) is 29.8 Å². The van der Waals surface area contributed by atoms with E-state index in [2.05, 4.69) is 15.0 Å². The van der Waals surface area contributed by atoms with Crippen molar-refractivity contribution in [2.75, 3.05) is 36.2 Å². The summed E-state index contributed by atoms with van der Waals surface area (Å²) in [6, 6.07) is 1.54. The maximum Gasteiger partial charge on any atom is 0.333 e. The van der Waals surface area contributed by atoms with Crippen molar-refractivity contribution >= 4 is 21.4 Å². The number of sulfonamides is 1. The van der Waals surface area contributed by atoms with Crippen molar-refractivity contribution in [3.8, 4) is 0 Å². The molecule has 2 aromatic rings. The van der Waals surface area contributed by atoms with Crippen LogP contribution in [0.2, 0.25) is 0 Å². The van der Waals surface area contributed by atoms with Crippen LogP contribution in [0.5, 0.6) is 0 Å². The molecular weight excluding hydrogens is 418 g/mol. The molecule has 3 N–H and O–H groups in total. The second-order valence-corrected chi connectivity index (χ2v) is 9.71. The van der Waals surface area contributed by atoms with Gasteiger partial charge in [-0.1, -0.05) is 0 Å². The highest BCUT2D eigenvalue weighted by atomic mass is 32.2. The van der Waals surface area contributed by atoms with Crippen LogP contribution < -0.4 is 10.0 Å². The summed E-state index contributed by atoms with van der Waals surface area (Å²) < 4.78 is 54.5. The lowest BCUT2D eigenvalue weighted by Gasteiger charge is -2.36. The van der Waals surface area contributed by atoms with Crippen LogP contribution in [0.15, 0.2) is 23.4 Å². The van der Waals surface area contributed by atoms with Gasteiger partial charge in [-0.2, -0.15) is 13.9 Å². The van der Waals surface area contributed by atoms with Gasteiger partial charge in [-0.05, 0) is 31.7 Å². The van der Waals surface area contributed by atoms with Gasteiger partial charge in [0.15, 0.2) is 0 Å². The van der Waals surface area contributed by atoms with Crippen molar-refractivity contribution in [1.29, 1.82) is 0 Å². The van der Waals surface area contributed by atoms with E-state index in [9.17, 15) is 22.3 Å². The van der Waals surface area contributed by atoms with Crippen molar-refractivity contribution in [1.82, 2.24) is 19.7 Å². The lowest BCUT2D eigenvalue weighted by molar-refractivity contribution is 0.0561. The number of pyridine rings is 1. The normalized spacial score (nSPS) is 22.6. The Kier molecular flexibility index (Phi) is 5.41. The maximum atomic E-state index is 13.5. The molecule has 0 bridgehead atoms. The molecule has 164 valence electrons. The number of aryl methyl sites for hydroxylation is 1. The average Bonchev–Trinajstić information content (AvgIpc) is 3.27. The maximum absolute atomic E-state index is 13.5. The standard InChI is InChI=1S/C18H24F2N6O3S/c1-11-17(10-25(23-11)18(19)20)30(28,29)26-8-12(7-24-3-2-14(27)9-24)4-15-16(26)5-13(21)6-22-15/h5-6,10,12,14,18,27H,2-4,7-9,21H2,1H3/t12-,14+/m0/s1. The number of nitrogen functional groups attached to an aromatic ring is 1. The third-order valence-electron chi connectivity index (χ3n) is 5.55. The predicted molar refractivity (Wildman–Crippen MR) is 106 cm³/mol. The van der Waals surface area contributed by atoms with E-state index in [1.54, 1.807) is 6.07 Å². The molecule has 1 fully saturated rings. The SMILES string of the molecule is Cc1nn(C(F)F)cc1S(=O)(=O)N1C[C@H](CN2CC[C@@H](O)C2)Cc2ncc(N)cc21. The van der Waals surface area contributed by atoms with E-state index in [1.807, 2.05) is 0 Å². The van der Waals surface area contributed by atoms with Gasteiger partial charge in [0.05, 0.1) is 41.3 Å². The quantitative estimate of drug-likeness (QED) is 0.709. The summed E-state index contributed by atoms with van der Waals surface area (Å²) in [6.45, 7) is 0.499. The Morgan fingerprint density at radius 2 is 2.13 bits per heavy atom. The number of fused-ring (bicyclic) bond motifs is 1. The molecule has 2 aliphatic heterocycles. The molecule has 9 nitrogen and oxygen atoms in total. The molecule has 0 unspecified atom stereocenters. The number of alkyl halides is 2. The number of aliphatic hydroxyl groups is 1. The molecule has 0 radical (unpaired) electrons. The summed E-state index contributed by atoms with van der Waals surface area (Å²) in [5.41, 5.74) is 7.10. The molecule has 12 heteroatoms. The van der Waals surface area contributed by atoms with Crippen molar-refractivity contribution in [2.24, 2.45) is 5.92 Å². The van der Waals surface area contributed by atoms with Gasteiger partial charge >= 0.3 is 6.55 Å². The van der Waals surface area contributed by atoms with E-state index in [4.69, 9.17) is 5.73 Å². The van der Waals surface area contributed by atoms with Gasteiger partial charge in [0.1, 0.15) is 4.90 Å². The lowest BCUT2D eigenvalue weighted by Crippen LogP contribution is -2.44. The van der Waals surface area contributed by atoms with Crippen molar-refractivity contribution < 1.29 is 22.3 Å². The number of likely N-dealkylation sites (tertiary alicyclic amines) is 1. The van der Waals surface area contributed by atoms with Crippen LogP contribution in [0.25, 0.3) is 0 Å². The largest absolute Gasteiger partial charge is 0.397 e. The van der Waals surface area contributed by atoms with E-state index in [-0.39, 0.29) is 29.2 Å². The molecule has 2 atom stereocenters. The molecule has 4 heterocycles. The fourth-order valence-electron chi connectivity index (χ4n) is 4.17. The van der Waals surface area contributed by atoms with E-state index >= 15 is 0 Å². The van der Waals surface area contributed by atoms with Gasteiger partial charge in [-0.3, -0.25) is 9.29 Å². The number of hydrogen-bond acceptors (Lipinski definition) is 7. The molecule has 2 aliphatic rings. The highest BCUT2D eigenvalue weighted by Crippen LogP contribution is 2.35. The van der Waals surface area contributed by atoms with Crippen LogP contribution in [-0.2, 0) is 16.4 Å². The number of β-amino-alcohol motifs (C(OH)–C–C–N with tert-alkyl or cyclic N) is 1. The zero-order valence-corrected chi connectivity index (χ0v) is 17.3. The summed E-state index contributed by atoms with van der Waals surface area (Å²) in [5, 5.41) is 13.4. The average molecular weight is 442 g/mol. The van der Waals surface area contributed by atoms with Gasteiger partial charge in [0.25, 0.3) is 10.0 Å². The zero-order chi connectivity index (χ0) is 21.6. The number of rotatable bonds is 5. The van der Waals surface area contributed by atoms with Crippen LogP contribution in [-0.4, -0.2) is 65.5 Å². The number of aliphatic hydroxyl groups excluding tert-OH is 1. The van der Waals surface area contributed by atoms with Crippen LogP contribution in [0.1, 0.15) is 24.4 Å². The number of aromatic nitrogens is 3. The molecule has 2 aromatic heterocycles. The lowest BCUT2D eigenvalue weighted by atomic mass is 9.97. The third kappa shape index (κ3) is 3.86. The summed E-state index contributed by atoms with van der Waals surface area (Å²) in [7, 11) is -4.16. The fraction of sp³-hybridized carbons (Fsp3) is 0.556. The van der Waals surface area contributed by atoms with E-state index in [0.29, 0.717) is 47.7 Å². The second kappa shape index (κ2) is 7.75. The predicted octanol–water partition coefficient (Wildman–Crippen LogP) is 0.998. The molecule has 30 heavy (non-hydrogen) atoms. The van der Waals surface area contributed by atoms with E-state index in [0.717, 1.165) is 12.7 Å². The van der Waals surface area contributed by atoms with Gasteiger partial charge in [0, 0.05) is 26.2 Å². The Morgan fingerprint density at radius 3 is 2.77 bits per heavy atom. The van der Waals surface area contributed by atoms with E-state index < -0.39 is 16.6 Å². The third-order valence-corrected chi connectivity index (χ3v) is 7.43. The number of halogens is 2. The number of anilines is 2. The minimum atomic E-state index is -4.16. The Hall–Kier alpha value is -2.31. The van der Waals surface area contributed by atoms with Crippen molar-refractivity contribution in [3.63, 3.8) is 0 Å². The summed E-state index contributed by atoms with van der Waals surface area (Å²) in [4.78, 5) is 6.16. The van der Waals surface area contributed by atoms with Crippen molar-refractivity contribution in [2.45, 2.75) is 37.3 Å². The number of nitrogens with zero attached hydrogens (tertiary/aromatic N) is 5. The molecule has 0 saturated carbocycles. The molecule has 0 amide bonds. The second-order valence-electron chi connectivity index (χ2n) is 7.88. The molecule has 0 aromatic carbocycles. The molecule has 0 aliphatic carbocycles. The highest BCUT2D eigenvalue weighted by Gasteiger charge is 2.37. The van der Waals surface area contributed by atoms with Gasteiger partial charge in [0.2, 0.25) is 0 Å². The first-order chi connectivity index (χ1) is 14.1. The monoisotopic (exact) mass is 442 g/mol. The van der Waals surface area contributed by atoms with Crippen LogP contribution in [0.3, 0.4) is 0 Å². The Balaban J connectivity index is 1.70. The van der Waals surface area contributed by atoms with Crippen LogP contribution >= 0.6 is 0 Å². The molecule has 0 spiro atoms. The van der Waals surface area contributed by atoms with Gasteiger partial charge in [-0.25, -0.2) is 13.1 Å². The Labute approximate surface area is 173 Å². The Morgan fingerprint density at radius 1 is 1.37 bits per heavy atom. The number of nitrogens with two attached hydrogens (primary N) is 1. The minimum Gasteiger partial charge on any atom is -0.397 e. The topological polar surface area (TPSA) is 118 Å². The summed E-state index contributed by atoms with van der Waals surface area (Å²) >= 11 is 0. The first-order valence-electron chi connectivity index (χ1n) is 9.66. The molecular formula is C18H24F2N6O3S. The molecule has 1 saturated heterocycles. The Bertz CT molecular complexity index is 1040. The summed E-state index contributed by atoms with van der Waals surface area (Å²) in [6.07, 6.45) is 3.21. The highest BCUT2D eigenvalue weighted by molar-refractivity contribution is 7.92. The van der Waals surface area contributed by atoms with Gasteiger partial charge in [-0.15, -0.1) is 0 Å². The zero-order valence-electron chi connectivity index (χ0n) is 16.4. The molecule has 4 rings (SSSR count).